The van der Waals surface area contributed by atoms with E-state index in [2.05, 4.69) is 71.5 Å². The van der Waals surface area contributed by atoms with Crippen molar-refractivity contribution in [2.45, 2.75) is 82.0 Å². The average molecular weight is 856 g/mol. The molecule has 6 aliphatic heterocycles. The minimum atomic E-state index is -0.307. The fourth-order valence-corrected chi connectivity index (χ4v) is 10.9. The normalized spacial score (nSPS) is 23.4. The summed E-state index contributed by atoms with van der Waals surface area (Å²) in [6.07, 6.45) is 7.04. The van der Waals surface area contributed by atoms with Crippen molar-refractivity contribution >= 4 is 46.3 Å². The molecule has 0 aliphatic carbocycles. The van der Waals surface area contributed by atoms with Gasteiger partial charge in [0.25, 0.3) is 0 Å². The molecule has 4 aromatic rings. The van der Waals surface area contributed by atoms with Crippen LogP contribution in [0.3, 0.4) is 0 Å². The number of piperazine rings is 1. The van der Waals surface area contributed by atoms with Crippen molar-refractivity contribution in [1.29, 1.82) is 0 Å². The van der Waals surface area contributed by atoms with Crippen molar-refractivity contribution < 1.29 is 29.0 Å². The number of benzene rings is 3. The maximum atomic E-state index is 13.6. The topological polar surface area (TPSA) is 170 Å². The zero-order chi connectivity index (χ0) is 43.0. The van der Waals surface area contributed by atoms with Crippen LogP contribution in [0.5, 0.6) is 11.5 Å². The van der Waals surface area contributed by atoms with Gasteiger partial charge in [0.05, 0.1) is 36.7 Å². The number of likely N-dealkylation sites (tertiary alicyclic amines) is 1. The van der Waals surface area contributed by atoms with Crippen molar-refractivity contribution in [3.05, 3.63) is 78.4 Å². The highest BCUT2D eigenvalue weighted by Crippen LogP contribution is 2.40. The van der Waals surface area contributed by atoms with Gasteiger partial charge in [-0.05, 0) is 86.1 Å². The molecule has 0 radical (unpaired) electrons. The molecule has 0 spiro atoms. The quantitative estimate of drug-likeness (QED) is 0.197. The largest absolute Gasteiger partial charge is 0.507 e. The summed E-state index contributed by atoms with van der Waals surface area (Å²) >= 11 is 0. The second-order valence-electron chi connectivity index (χ2n) is 18.0. The Morgan fingerprint density at radius 1 is 0.810 bits per heavy atom. The van der Waals surface area contributed by atoms with Gasteiger partial charge in [0.2, 0.25) is 17.7 Å². The van der Waals surface area contributed by atoms with Gasteiger partial charge in [0.15, 0.2) is 5.82 Å². The van der Waals surface area contributed by atoms with Gasteiger partial charge in [-0.15, -0.1) is 10.2 Å². The Balaban J connectivity index is 0.710. The van der Waals surface area contributed by atoms with Crippen molar-refractivity contribution in [3.63, 3.8) is 0 Å². The lowest BCUT2D eigenvalue weighted by Gasteiger charge is -2.51. The smallest absolute Gasteiger partial charge is 0.249 e. The van der Waals surface area contributed by atoms with Gasteiger partial charge in [-0.1, -0.05) is 24.3 Å². The number of para-hydroxylation sites is 1. The minimum Gasteiger partial charge on any atom is -0.507 e. The summed E-state index contributed by atoms with van der Waals surface area (Å²) in [5, 5.41) is 21.5. The van der Waals surface area contributed by atoms with Crippen LogP contribution in [0.4, 0.5) is 28.6 Å². The molecule has 15 heteroatoms. The molecule has 63 heavy (non-hydrogen) atoms. The molecule has 4 N–H and O–H groups in total. The second kappa shape index (κ2) is 17.6. The number of amides is 3. The first-order valence-electron chi connectivity index (χ1n) is 22.8. The Morgan fingerprint density at radius 3 is 2.35 bits per heavy atom. The maximum absolute atomic E-state index is 13.6. The molecular weight excluding hydrogens is 799 g/mol. The Kier molecular flexibility index (Phi) is 11.4. The van der Waals surface area contributed by atoms with E-state index in [0.717, 1.165) is 81.0 Å². The van der Waals surface area contributed by atoms with E-state index in [4.69, 9.17) is 15.2 Å². The number of imide groups is 1. The number of hydrogen-bond donors (Lipinski definition) is 3. The molecule has 5 fully saturated rings. The number of nitrogens with zero attached hydrogens (tertiary/aromatic N) is 7. The van der Waals surface area contributed by atoms with Crippen LogP contribution < -0.4 is 35.4 Å². The molecule has 330 valence electrons. The van der Waals surface area contributed by atoms with E-state index in [0.29, 0.717) is 81.6 Å². The van der Waals surface area contributed by atoms with E-state index in [9.17, 15) is 19.5 Å². The Labute approximate surface area is 368 Å². The number of nitrogens with two attached hydrogens (primary N) is 1. The number of piperidine rings is 3. The standard InChI is InChI=1S/C48H57N9O6/c49-47-43(26-39(51-52-47)37-8-1-2-12-44(37)58)55-27-33-29-62-30-34(28-55)57(33)32-6-3-7-36(25-32)63-35-17-22-54(23-18-35)46(60)24-31-15-20-53(21-16-31)40-10-4-11-41-38(40)9-5-19-56(41)42-13-14-45(59)50-48(42)61/h1-4,6-8,10-12,25-26,31,33-35,42,58H,5,9,13-24,27-30H2,(H2,49,52)(H,50,59,61)/t33-,34-,42-/m1/s1. The highest BCUT2D eigenvalue weighted by Gasteiger charge is 2.40. The summed E-state index contributed by atoms with van der Waals surface area (Å²) < 4.78 is 12.7. The number of aromatic hydroxyl groups is 1. The van der Waals surface area contributed by atoms with E-state index in [-0.39, 0.29) is 47.7 Å². The lowest BCUT2D eigenvalue weighted by Crippen LogP contribution is -2.65. The Bertz CT molecular complexity index is 2330. The number of hydrogen-bond acceptors (Lipinski definition) is 13. The summed E-state index contributed by atoms with van der Waals surface area (Å²) in [6.45, 7) is 6.56. The van der Waals surface area contributed by atoms with Gasteiger partial charge < -0.3 is 44.8 Å². The van der Waals surface area contributed by atoms with E-state index >= 15 is 0 Å². The third-order valence-corrected chi connectivity index (χ3v) is 14.1. The van der Waals surface area contributed by atoms with E-state index in [1.807, 2.05) is 29.2 Å². The van der Waals surface area contributed by atoms with Crippen LogP contribution >= 0.6 is 0 Å². The number of fused-ring (bicyclic) bond motifs is 3. The van der Waals surface area contributed by atoms with Crippen molar-refractivity contribution in [1.82, 2.24) is 20.4 Å². The van der Waals surface area contributed by atoms with Gasteiger partial charge in [-0.3, -0.25) is 19.7 Å². The fraction of sp³-hybridized carbons (Fsp3) is 0.479. The molecular formula is C48H57N9O6. The van der Waals surface area contributed by atoms with E-state index in [1.165, 1.54) is 11.3 Å². The third kappa shape index (κ3) is 8.42. The first-order chi connectivity index (χ1) is 30.8. The van der Waals surface area contributed by atoms with Crippen LogP contribution in [0.15, 0.2) is 72.8 Å². The first-order valence-corrected chi connectivity index (χ1v) is 22.8. The molecule has 0 saturated carbocycles. The van der Waals surface area contributed by atoms with Gasteiger partial charge in [-0.2, -0.15) is 0 Å². The van der Waals surface area contributed by atoms with E-state index in [1.54, 1.807) is 12.1 Å². The molecule has 3 amide bonds. The van der Waals surface area contributed by atoms with Gasteiger partial charge in [0, 0.05) is 100 Å². The molecule has 0 unspecified atom stereocenters. The van der Waals surface area contributed by atoms with Crippen LogP contribution in [-0.4, -0.2) is 121 Å². The van der Waals surface area contributed by atoms with Crippen molar-refractivity contribution in [2.24, 2.45) is 5.92 Å². The summed E-state index contributed by atoms with van der Waals surface area (Å²) in [6, 6.07) is 23.7. The molecule has 10 rings (SSSR count). The molecule has 2 bridgehead atoms. The molecule has 7 heterocycles. The third-order valence-electron chi connectivity index (χ3n) is 14.1. The highest BCUT2D eigenvalue weighted by atomic mass is 16.5. The molecule has 3 atom stereocenters. The number of nitrogen functional groups attached to an aromatic ring is 1. The van der Waals surface area contributed by atoms with E-state index < -0.39 is 0 Å². The summed E-state index contributed by atoms with van der Waals surface area (Å²) in [4.78, 5) is 49.6. The van der Waals surface area contributed by atoms with Crippen LogP contribution in [0.1, 0.15) is 56.9 Å². The number of carbonyl (C=O) groups excluding carboxylic acids is 3. The molecule has 15 nitrogen and oxygen atoms in total. The van der Waals surface area contributed by atoms with Crippen LogP contribution in [0.2, 0.25) is 0 Å². The number of aromatic nitrogens is 2. The first kappa shape index (κ1) is 41.0. The van der Waals surface area contributed by atoms with Crippen molar-refractivity contribution in [2.75, 3.05) is 84.4 Å². The molecule has 3 aromatic carbocycles. The number of ether oxygens (including phenoxy) is 2. The number of nitrogens with one attached hydrogen (secondary N) is 1. The number of morpholine rings is 1. The van der Waals surface area contributed by atoms with Crippen molar-refractivity contribution in [3.8, 4) is 22.8 Å². The van der Waals surface area contributed by atoms with Crippen LogP contribution in [0, 0.1) is 5.92 Å². The lowest BCUT2D eigenvalue weighted by atomic mass is 9.90. The monoisotopic (exact) mass is 855 g/mol. The summed E-state index contributed by atoms with van der Waals surface area (Å²) in [7, 11) is 0. The van der Waals surface area contributed by atoms with Gasteiger partial charge in [-0.25, -0.2) is 0 Å². The molecule has 5 saturated heterocycles. The number of phenols is 1. The Morgan fingerprint density at radius 2 is 1.57 bits per heavy atom. The molecule has 1 aromatic heterocycles. The van der Waals surface area contributed by atoms with Gasteiger partial charge in [0.1, 0.15) is 23.6 Å². The molecule has 6 aliphatic rings. The lowest BCUT2D eigenvalue weighted by molar-refractivity contribution is -0.135. The zero-order valence-corrected chi connectivity index (χ0v) is 35.7. The summed E-state index contributed by atoms with van der Waals surface area (Å²) in [5.74, 6) is 1.58. The predicted octanol–water partition coefficient (Wildman–Crippen LogP) is 4.76. The zero-order valence-electron chi connectivity index (χ0n) is 35.7. The van der Waals surface area contributed by atoms with Crippen LogP contribution in [0.25, 0.3) is 11.3 Å². The number of rotatable bonds is 9. The SMILES string of the molecule is Nc1nnc(-c2ccccc2O)cc1N1C[C@@H]2COC[C@@H](C1)N2c1cccc(OC2CCN(C(=O)CC3CCN(c4cccc5c4CCCN5[C@@H]4CCC(=O)NC4=O)CC3)CC2)c1. The Hall–Kier alpha value is -6.09. The average Bonchev–Trinajstić information content (AvgIpc) is 3.29. The number of phenolic OH excluding ortho intramolecular Hbond substituents is 1. The predicted molar refractivity (Wildman–Crippen MR) is 241 cm³/mol. The summed E-state index contributed by atoms with van der Waals surface area (Å²) in [5.41, 5.74) is 13.1. The second-order valence-corrected chi connectivity index (χ2v) is 18.0. The highest BCUT2D eigenvalue weighted by molar-refractivity contribution is 6.02. The minimum absolute atomic E-state index is 0.0374. The fourth-order valence-electron chi connectivity index (χ4n) is 10.9. The van der Waals surface area contributed by atoms with Crippen LogP contribution in [-0.2, 0) is 25.5 Å². The number of carbonyl (C=O) groups is 3. The number of anilines is 5. The van der Waals surface area contributed by atoms with Gasteiger partial charge >= 0.3 is 0 Å². The maximum Gasteiger partial charge on any atom is 0.249 e.